The summed E-state index contributed by atoms with van der Waals surface area (Å²) in [4.78, 5) is 25.6. The number of benzene rings is 1. The fraction of sp³-hybridized carbons (Fsp3) is 0.500. The van der Waals surface area contributed by atoms with Gasteiger partial charge in [0, 0.05) is 26.1 Å². The Labute approximate surface area is 125 Å². The smallest absolute Gasteiger partial charge is 0.314 e. The first-order valence-electron chi connectivity index (χ1n) is 7.13. The Bertz CT molecular complexity index is 474. The number of nitrogens with zero attached hydrogens (tertiary/aromatic N) is 1. The molecule has 0 radical (unpaired) electrons. The van der Waals surface area contributed by atoms with Crippen molar-refractivity contribution in [2.75, 3.05) is 19.7 Å². The van der Waals surface area contributed by atoms with Crippen LogP contribution in [0, 0.1) is 0 Å². The zero-order valence-electron chi connectivity index (χ0n) is 12.6. The summed E-state index contributed by atoms with van der Waals surface area (Å²) in [5.74, 6) is -1.22. The molecule has 0 aliphatic heterocycles. The number of amides is 1. The number of rotatable bonds is 8. The first-order valence-corrected chi connectivity index (χ1v) is 7.13. The molecule has 1 aromatic rings. The molecule has 1 atom stereocenters. The summed E-state index contributed by atoms with van der Waals surface area (Å²) in [6.45, 7) is 4.37. The van der Waals surface area contributed by atoms with E-state index >= 15 is 0 Å². The molecule has 116 valence electrons. The lowest BCUT2D eigenvalue weighted by atomic mass is 9.79. The topological polar surface area (TPSA) is 77.8 Å². The number of carbonyl (C=O) groups excluding carboxylic acids is 1. The molecule has 5 nitrogen and oxygen atoms in total. The summed E-state index contributed by atoms with van der Waals surface area (Å²) in [6, 6.07) is 8.80. The van der Waals surface area contributed by atoms with Gasteiger partial charge >= 0.3 is 5.97 Å². The van der Waals surface area contributed by atoms with E-state index in [1.165, 1.54) is 0 Å². The monoisotopic (exact) mass is 293 g/mol. The van der Waals surface area contributed by atoms with Gasteiger partial charge in [-0.3, -0.25) is 9.59 Å². The van der Waals surface area contributed by atoms with Gasteiger partial charge in [0.15, 0.2) is 0 Å². The Morgan fingerprint density at radius 3 is 2.33 bits per heavy atom. The minimum Gasteiger partial charge on any atom is -0.481 e. The second-order valence-electron chi connectivity index (χ2n) is 5.23. The molecule has 1 unspecified atom stereocenters. The Morgan fingerprint density at radius 2 is 1.86 bits per heavy atom. The molecular weight excluding hydrogens is 270 g/mol. The molecule has 0 saturated heterocycles. The maximum Gasteiger partial charge on any atom is 0.314 e. The molecular formula is C16H23NO4. The first-order chi connectivity index (χ1) is 9.95. The number of carbonyl (C=O) groups is 2. The lowest BCUT2D eigenvalue weighted by molar-refractivity contribution is -0.147. The number of aliphatic hydroxyl groups is 1. The summed E-state index contributed by atoms with van der Waals surface area (Å²) in [6.07, 6.45) is 0.403. The van der Waals surface area contributed by atoms with Crippen LogP contribution in [0.1, 0.15) is 32.3 Å². The number of carboxylic acids is 1. The van der Waals surface area contributed by atoms with Crippen molar-refractivity contribution in [3.8, 4) is 0 Å². The Hall–Kier alpha value is -1.88. The summed E-state index contributed by atoms with van der Waals surface area (Å²) in [5.41, 5.74) is -0.630. The number of aliphatic carboxylic acids is 1. The largest absolute Gasteiger partial charge is 0.481 e. The number of carboxylic acid groups (broad SMARTS) is 1. The van der Waals surface area contributed by atoms with Crippen LogP contribution in [0.25, 0.3) is 0 Å². The molecule has 0 heterocycles. The van der Waals surface area contributed by atoms with Gasteiger partial charge < -0.3 is 15.1 Å². The van der Waals surface area contributed by atoms with E-state index in [1.54, 1.807) is 36.1 Å². The van der Waals surface area contributed by atoms with E-state index in [9.17, 15) is 14.7 Å². The Kier molecular flexibility index (Phi) is 6.37. The van der Waals surface area contributed by atoms with Crippen LogP contribution in [0.4, 0.5) is 0 Å². The molecule has 0 aliphatic carbocycles. The van der Waals surface area contributed by atoms with Crippen molar-refractivity contribution >= 4 is 11.9 Å². The summed E-state index contributed by atoms with van der Waals surface area (Å²) < 4.78 is 0. The lowest BCUT2D eigenvalue weighted by Gasteiger charge is -2.28. The normalized spacial score (nSPS) is 13.5. The molecule has 2 N–H and O–H groups in total. The molecule has 0 bridgehead atoms. The van der Waals surface area contributed by atoms with E-state index in [-0.39, 0.29) is 18.9 Å². The van der Waals surface area contributed by atoms with Crippen molar-refractivity contribution in [2.45, 2.75) is 32.1 Å². The van der Waals surface area contributed by atoms with Gasteiger partial charge in [-0.2, -0.15) is 0 Å². The molecule has 5 heteroatoms. The summed E-state index contributed by atoms with van der Waals surface area (Å²) >= 11 is 0. The second kappa shape index (κ2) is 7.78. The van der Waals surface area contributed by atoms with Gasteiger partial charge in [0.25, 0.3) is 0 Å². The quantitative estimate of drug-likeness (QED) is 0.764. The summed E-state index contributed by atoms with van der Waals surface area (Å²) in [5, 5.41) is 18.4. The van der Waals surface area contributed by atoms with Crippen LogP contribution in [0.5, 0.6) is 0 Å². The van der Waals surface area contributed by atoms with Crippen LogP contribution in [0.15, 0.2) is 30.3 Å². The van der Waals surface area contributed by atoms with Gasteiger partial charge in [-0.1, -0.05) is 30.3 Å². The standard InChI is InChI=1S/C16H23NO4/c1-3-17(10-7-11-18)14(19)12-16(2,15(20)21)13-8-5-4-6-9-13/h4-6,8-9,18H,3,7,10-12H2,1-2H3,(H,20,21). The van der Waals surface area contributed by atoms with Crippen molar-refractivity contribution in [1.82, 2.24) is 4.90 Å². The van der Waals surface area contributed by atoms with Crippen molar-refractivity contribution in [1.29, 1.82) is 0 Å². The fourth-order valence-electron chi connectivity index (χ4n) is 2.24. The molecule has 1 rings (SSSR count). The van der Waals surface area contributed by atoms with Crippen LogP contribution in [0.3, 0.4) is 0 Å². The van der Waals surface area contributed by atoms with Crippen LogP contribution in [-0.2, 0) is 15.0 Å². The predicted molar refractivity (Wildman–Crippen MR) is 80.0 cm³/mol. The third kappa shape index (κ3) is 4.29. The van der Waals surface area contributed by atoms with Gasteiger partial charge in [-0.05, 0) is 25.8 Å². The highest BCUT2D eigenvalue weighted by Crippen LogP contribution is 2.28. The highest BCUT2D eigenvalue weighted by molar-refractivity contribution is 5.89. The third-order valence-corrected chi connectivity index (χ3v) is 3.71. The fourth-order valence-corrected chi connectivity index (χ4v) is 2.24. The van der Waals surface area contributed by atoms with Gasteiger partial charge in [0.1, 0.15) is 0 Å². The molecule has 0 aliphatic rings. The average Bonchev–Trinajstić information content (AvgIpc) is 2.48. The maximum atomic E-state index is 12.4. The van der Waals surface area contributed by atoms with E-state index in [1.807, 2.05) is 13.0 Å². The average molecular weight is 293 g/mol. The van der Waals surface area contributed by atoms with Gasteiger partial charge in [-0.15, -0.1) is 0 Å². The highest BCUT2D eigenvalue weighted by atomic mass is 16.4. The predicted octanol–water partition coefficient (Wildman–Crippen LogP) is 1.65. The molecule has 21 heavy (non-hydrogen) atoms. The van der Waals surface area contributed by atoms with Crippen LogP contribution in [0.2, 0.25) is 0 Å². The van der Waals surface area contributed by atoms with Crippen molar-refractivity contribution in [3.05, 3.63) is 35.9 Å². The number of aliphatic hydroxyl groups excluding tert-OH is 1. The van der Waals surface area contributed by atoms with E-state index in [2.05, 4.69) is 0 Å². The van der Waals surface area contributed by atoms with Gasteiger partial charge in [0.2, 0.25) is 5.91 Å². The Balaban J connectivity index is 2.93. The van der Waals surface area contributed by atoms with E-state index in [0.29, 0.717) is 25.1 Å². The van der Waals surface area contributed by atoms with E-state index in [4.69, 9.17) is 5.11 Å². The first kappa shape index (κ1) is 17.2. The minimum absolute atomic E-state index is 0.0126. The van der Waals surface area contributed by atoms with Crippen molar-refractivity contribution in [2.24, 2.45) is 0 Å². The zero-order valence-corrected chi connectivity index (χ0v) is 12.6. The van der Waals surface area contributed by atoms with Gasteiger partial charge in [-0.25, -0.2) is 0 Å². The molecule has 1 aromatic carbocycles. The SMILES string of the molecule is CCN(CCCO)C(=O)CC(C)(C(=O)O)c1ccccc1. The molecule has 1 amide bonds. The van der Waals surface area contributed by atoms with Crippen LogP contribution < -0.4 is 0 Å². The number of hydrogen-bond donors (Lipinski definition) is 2. The maximum absolute atomic E-state index is 12.4. The molecule has 0 aromatic heterocycles. The third-order valence-electron chi connectivity index (χ3n) is 3.71. The van der Waals surface area contributed by atoms with Crippen molar-refractivity contribution < 1.29 is 19.8 Å². The Morgan fingerprint density at radius 1 is 1.24 bits per heavy atom. The molecule has 0 spiro atoms. The second-order valence-corrected chi connectivity index (χ2v) is 5.23. The van der Waals surface area contributed by atoms with Crippen LogP contribution in [-0.4, -0.2) is 46.7 Å². The molecule has 0 fully saturated rings. The van der Waals surface area contributed by atoms with E-state index < -0.39 is 11.4 Å². The highest BCUT2D eigenvalue weighted by Gasteiger charge is 2.38. The lowest BCUT2D eigenvalue weighted by Crippen LogP contribution is -2.41. The number of hydrogen-bond acceptors (Lipinski definition) is 3. The molecule has 0 saturated carbocycles. The zero-order chi connectivity index (χ0) is 15.9. The van der Waals surface area contributed by atoms with E-state index in [0.717, 1.165) is 0 Å². The summed E-state index contributed by atoms with van der Waals surface area (Å²) in [7, 11) is 0. The van der Waals surface area contributed by atoms with Crippen LogP contribution >= 0.6 is 0 Å². The van der Waals surface area contributed by atoms with Crippen molar-refractivity contribution in [3.63, 3.8) is 0 Å². The van der Waals surface area contributed by atoms with Gasteiger partial charge in [0.05, 0.1) is 5.41 Å². The minimum atomic E-state index is -1.25.